The molecule has 90 valence electrons. The lowest BCUT2D eigenvalue weighted by Gasteiger charge is -2.24. The molecule has 16 heavy (non-hydrogen) atoms. The number of aliphatic hydroxyl groups is 1. The molecule has 1 heterocycles. The van der Waals surface area contributed by atoms with E-state index < -0.39 is 5.60 Å². The van der Waals surface area contributed by atoms with Crippen LogP contribution in [0.1, 0.15) is 62.9 Å². The monoisotopic (exact) mass is 239 g/mol. The van der Waals surface area contributed by atoms with Gasteiger partial charge in [0.2, 0.25) is 0 Å². The van der Waals surface area contributed by atoms with Crippen molar-refractivity contribution in [3.63, 3.8) is 0 Å². The van der Waals surface area contributed by atoms with E-state index in [2.05, 4.69) is 17.4 Å². The predicted molar refractivity (Wildman–Crippen MR) is 67.7 cm³/mol. The third-order valence-electron chi connectivity index (χ3n) is 3.57. The Morgan fingerprint density at radius 2 is 1.94 bits per heavy atom. The molecule has 0 saturated heterocycles. The van der Waals surface area contributed by atoms with Gasteiger partial charge in [-0.25, -0.2) is 0 Å². The van der Waals surface area contributed by atoms with Gasteiger partial charge in [-0.15, -0.1) is 0 Å². The summed E-state index contributed by atoms with van der Waals surface area (Å²) in [5.74, 6) is 1.51. The van der Waals surface area contributed by atoms with E-state index in [-0.39, 0.29) is 0 Å². The van der Waals surface area contributed by atoms with Gasteiger partial charge in [0.15, 0.2) is 0 Å². The molecule has 2 nitrogen and oxygen atoms in total. The van der Waals surface area contributed by atoms with Crippen LogP contribution >= 0.6 is 11.5 Å². The maximum Gasteiger partial charge on any atom is 0.0948 e. The maximum atomic E-state index is 9.91. The molecule has 0 radical (unpaired) electrons. The summed E-state index contributed by atoms with van der Waals surface area (Å²) < 4.78 is 4.51. The van der Waals surface area contributed by atoms with Gasteiger partial charge < -0.3 is 5.11 Å². The van der Waals surface area contributed by atoms with E-state index in [0.29, 0.717) is 5.92 Å². The van der Waals surface area contributed by atoms with Crippen LogP contribution < -0.4 is 0 Å². The highest BCUT2D eigenvalue weighted by atomic mass is 32.1. The molecule has 3 heteroatoms. The van der Waals surface area contributed by atoms with Crippen molar-refractivity contribution in [2.45, 2.75) is 58.0 Å². The highest BCUT2D eigenvalue weighted by Crippen LogP contribution is 2.37. The molecule has 1 aliphatic carbocycles. The van der Waals surface area contributed by atoms with Crippen LogP contribution in [-0.2, 0) is 5.60 Å². The average Bonchev–Trinajstić information content (AvgIpc) is 2.67. The van der Waals surface area contributed by atoms with Gasteiger partial charge in [-0.1, -0.05) is 19.8 Å². The van der Waals surface area contributed by atoms with Gasteiger partial charge in [-0.05, 0) is 50.2 Å². The van der Waals surface area contributed by atoms with Crippen LogP contribution in [0.3, 0.4) is 0 Å². The summed E-state index contributed by atoms with van der Waals surface area (Å²) in [7, 11) is 0. The number of hydrogen-bond donors (Lipinski definition) is 1. The van der Waals surface area contributed by atoms with Gasteiger partial charge in [0.1, 0.15) is 0 Å². The van der Waals surface area contributed by atoms with Gasteiger partial charge in [-0.3, -0.25) is 0 Å². The fourth-order valence-electron chi connectivity index (χ4n) is 2.33. The van der Waals surface area contributed by atoms with Crippen LogP contribution in [0.4, 0.5) is 0 Å². The van der Waals surface area contributed by atoms with Crippen molar-refractivity contribution in [1.29, 1.82) is 0 Å². The fraction of sp³-hybridized carbons (Fsp3) is 0.769. The first kappa shape index (κ1) is 12.1. The van der Waals surface area contributed by atoms with Crippen LogP contribution in [-0.4, -0.2) is 9.48 Å². The molecule has 0 atom stereocenters. The second-order valence-electron chi connectivity index (χ2n) is 5.63. The number of nitrogens with zero attached hydrogens (tertiary/aromatic N) is 1. The Kier molecular flexibility index (Phi) is 3.36. The van der Waals surface area contributed by atoms with Crippen LogP contribution in [0, 0.1) is 5.92 Å². The number of aromatic nitrogens is 1. The van der Waals surface area contributed by atoms with E-state index in [4.69, 9.17) is 0 Å². The summed E-state index contributed by atoms with van der Waals surface area (Å²) in [6.07, 6.45) is 5.16. The first-order valence-corrected chi connectivity index (χ1v) is 6.93. The van der Waals surface area contributed by atoms with Gasteiger partial charge in [0.05, 0.1) is 16.2 Å². The molecule has 1 saturated carbocycles. The third-order valence-corrected chi connectivity index (χ3v) is 4.68. The molecular weight excluding hydrogens is 218 g/mol. The summed E-state index contributed by atoms with van der Waals surface area (Å²) in [6, 6.07) is 2.10. The van der Waals surface area contributed by atoms with Gasteiger partial charge in [0.25, 0.3) is 0 Å². The Bertz CT molecular complexity index is 345. The number of rotatable bonds is 2. The largest absolute Gasteiger partial charge is 0.385 e. The minimum atomic E-state index is -0.738. The zero-order chi connectivity index (χ0) is 11.8. The molecule has 0 bridgehead atoms. The summed E-state index contributed by atoms with van der Waals surface area (Å²) in [4.78, 5) is 0.987. The molecule has 1 fully saturated rings. The highest BCUT2D eigenvalue weighted by molar-refractivity contribution is 7.06. The smallest absolute Gasteiger partial charge is 0.0948 e. The van der Waals surface area contributed by atoms with E-state index in [1.54, 1.807) is 0 Å². The lowest BCUT2D eigenvalue weighted by atomic mass is 9.81. The molecular formula is C13H21NOS. The Morgan fingerprint density at radius 1 is 1.31 bits per heavy atom. The van der Waals surface area contributed by atoms with E-state index in [9.17, 15) is 5.11 Å². The molecule has 1 N–H and O–H groups in total. The average molecular weight is 239 g/mol. The molecule has 0 unspecified atom stereocenters. The second kappa shape index (κ2) is 4.46. The molecule has 0 spiro atoms. The van der Waals surface area contributed by atoms with Gasteiger partial charge in [0, 0.05) is 5.92 Å². The summed E-state index contributed by atoms with van der Waals surface area (Å²) >= 11 is 1.45. The third kappa shape index (κ3) is 2.64. The fourth-order valence-corrected chi connectivity index (χ4v) is 3.13. The Morgan fingerprint density at radius 3 is 2.44 bits per heavy atom. The van der Waals surface area contributed by atoms with Crippen LogP contribution in [0.2, 0.25) is 0 Å². The molecule has 0 amide bonds. The molecule has 1 aromatic heterocycles. The van der Waals surface area contributed by atoms with Crippen molar-refractivity contribution in [1.82, 2.24) is 4.37 Å². The van der Waals surface area contributed by atoms with Crippen LogP contribution in [0.25, 0.3) is 0 Å². The van der Waals surface area contributed by atoms with Gasteiger partial charge in [-0.2, -0.15) is 4.37 Å². The Balaban J connectivity index is 2.08. The number of hydrogen-bond acceptors (Lipinski definition) is 3. The van der Waals surface area contributed by atoms with E-state index in [1.165, 1.54) is 42.9 Å². The molecule has 0 aromatic carbocycles. The lowest BCUT2D eigenvalue weighted by molar-refractivity contribution is 0.0824. The van der Waals surface area contributed by atoms with Crippen molar-refractivity contribution in [2.24, 2.45) is 5.92 Å². The minimum Gasteiger partial charge on any atom is -0.385 e. The van der Waals surface area contributed by atoms with Crippen molar-refractivity contribution < 1.29 is 5.11 Å². The van der Waals surface area contributed by atoms with Crippen LogP contribution in [0.5, 0.6) is 0 Å². The topological polar surface area (TPSA) is 33.1 Å². The van der Waals surface area contributed by atoms with Crippen molar-refractivity contribution >= 4 is 11.5 Å². The first-order valence-electron chi connectivity index (χ1n) is 6.16. The molecule has 2 rings (SSSR count). The maximum absolute atomic E-state index is 9.91. The van der Waals surface area contributed by atoms with Crippen molar-refractivity contribution in [2.75, 3.05) is 0 Å². The first-order chi connectivity index (χ1) is 7.47. The molecule has 0 aliphatic heterocycles. The minimum absolute atomic E-state index is 0.628. The Labute approximate surface area is 102 Å². The van der Waals surface area contributed by atoms with E-state index in [0.717, 1.165) is 10.8 Å². The summed E-state index contributed by atoms with van der Waals surface area (Å²) in [5, 5.41) is 9.91. The molecule has 1 aromatic rings. The van der Waals surface area contributed by atoms with Crippen LogP contribution in [0.15, 0.2) is 6.07 Å². The highest BCUT2D eigenvalue weighted by Gasteiger charge is 2.25. The second-order valence-corrected chi connectivity index (χ2v) is 6.44. The lowest BCUT2D eigenvalue weighted by Crippen LogP contribution is -2.13. The quantitative estimate of drug-likeness (QED) is 0.854. The SMILES string of the molecule is CC1CCC(c2cc(C(C)(C)O)sn2)CC1. The summed E-state index contributed by atoms with van der Waals surface area (Å²) in [5.41, 5.74) is 0.465. The molecule has 1 aliphatic rings. The predicted octanol–water partition coefficient (Wildman–Crippen LogP) is 3.66. The Hall–Kier alpha value is -0.410. The zero-order valence-electron chi connectivity index (χ0n) is 10.4. The van der Waals surface area contributed by atoms with Crippen molar-refractivity contribution in [3.8, 4) is 0 Å². The zero-order valence-corrected chi connectivity index (χ0v) is 11.2. The van der Waals surface area contributed by atoms with Gasteiger partial charge >= 0.3 is 0 Å². The standard InChI is InChI=1S/C13H21NOS/c1-9-4-6-10(7-5-9)11-8-12(16-14-11)13(2,3)15/h8-10,15H,4-7H2,1-3H3. The van der Waals surface area contributed by atoms with E-state index in [1.807, 2.05) is 13.8 Å². The summed E-state index contributed by atoms with van der Waals surface area (Å²) in [6.45, 7) is 5.99. The normalized spacial score (nSPS) is 27.0. The van der Waals surface area contributed by atoms with E-state index >= 15 is 0 Å². The van der Waals surface area contributed by atoms with Crippen molar-refractivity contribution in [3.05, 3.63) is 16.6 Å².